The number of rotatable bonds is 6. The third kappa shape index (κ3) is 5.70. The first-order valence-electron chi connectivity index (χ1n) is 9.02. The highest BCUT2D eigenvalue weighted by atomic mass is 79.9. The minimum Gasteiger partial charge on any atom is -0.379 e. The minimum atomic E-state index is 0.0546. The smallest absolute Gasteiger partial charge is 0.166 e. The monoisotopic (exact) mass is 396 g/mol. The van der Waals surface area contributed by atoms with Crippen LogP contribution >= 0.6 is 15.9 Å². The molecule has 1 aliphatic rings. The number of aryl methyl sites for hydroxylation is 1. The summed E-state index contributed by atoms with van der Waals surface area (Å²) in [5, 5.41) is 0. The van der Waals surface area contributed by atoms with Crippen LogP contribution in [0.3, 0.4) is 0 Å². The van der Waals surface area contributed by atoms with E-state index in [0.29, 0.717) is 0 Å². The van der Waals surface area contributed by atoms with E-state index in [4.69, 9.17) is 4.74 Å². The van der Waals surface area contributed by atoms with Crippen molar-refractivity contribution < 1.29 is 9.53 Å². The van der Waals surface area contributed by atoms with Gasteiger partial charge in [-0.3, -0.25) is 4.79 Å². The molecule has 0 spiro atoms. The maximum atomic E-state index is 11.9. The lowest BCUT2D eigenvalue weighted by atomic mass is 9.88. The third-order valence-electron chi connectivity index (χ3n) is 5.20. The number of benzene rings is 1. The van der Waals surface area contributed by atoms with E-state index < -0.39 is 0 Å². The van der Waals surface area contributed by atoms with E-state index >= 15 is 0 Å². The number of halogens is 1. The molecule has 24 heavy (non-hydrogen) atoms. The molecule has 0 N–H and O–H groups in total. The van der Waals surface area contributed by atoms with Crippen LogP contribution in [0, 0.1) is 17.8 Å². The van der Waals surface area contributed by atoms with Crippen molar-refractivity contribution in [2.75, 3.05) is 7.11 Å². The molecule has 136 valence electrons. The summed E-state index contributed by atoms with van der Waals surface area (Å²) >= 11 is 3.44. The molecule has 1 atom stereocenters. The SMILES string of the molecule is CCc1cccc(Br)c1C(=O)C(C)C.COC(C)(C)C(C)C1CC1. The van der Waals surface area contributed by atoms with Gasteiger partial charge in [-0.25, -0.2) is 0 Å². The number of hydrogen-bond donors (Lipinski definition) is 0. The summed E-state index contributed by atoms with van der Waals surface area (Å²) < 4.78 is 6.31. The molecule has 1 aromatic rings. The van der Waals surface area contributed by atoms with Gasteiger partial charge in [0.05, 0.1) is 5.60 Å². The van der Waals surface area contributed by atoms with Gasteiger partial charge < -0.3 is 4.74 Å². The standard InChI is InChI=1S/C12H15BrO.C9H18O/c1-4-9-6-5-7-10(13)11(9)12(14)8(2)3;1-7(8-5-6-8)9(2,3)10-4/h5-8H,4H2,1-3H3;7-8H,5-6H2,1-4H3. The number of methoxy groups -OCH3 is 1. The van der Waals surface area contributed by atoms with Gasteiger partial charge in [-0.15, -0.1) is 0 Å². The number of ether oxygens (including phenoxy) is 1. The van der Waals surface area contributed by atoms with E-state index in [2.05, 4.69) is 43.6 Å². The van der Waals surface area contributed by atoms with Gasteiger partial charge in [0.15, 0.2) is 5.78 Å². The van der Waals surface area contributed by atoms with Gasteiger partial charge in [0.1, 0.15) is 0 Å². The Kier molecular flexibility index (Phi) is 8.14. The Bertz CT molecular complexity index is 545. The maximum Gasteiger partial charge on any atom is 0.166 e. The first kappa shape index (κ1) is 21.4. The first-order chi connectivity index (χ1) is 11.2. The molecule has 1 aromatic carbocycles. The average Bonchev–Trinajstić information content (AvgIpc) is 3.38. The van der Waals surface area contributed by atoms with Crippen molar-refractivity contribution in [1.82, 2.24) is 0 Å². The second kappa shape index (κ2) is 9.15. The molecule has 0 radical (unpaired) electrons. The highest BCUT2D eigenvalue weighted by molar-refractivity contribution is 9.10. The molecule has 0 bridgehead atoms. The maximum absolute atomic E-state index is 11.9. The van der Waals surface area contributed by atoms with Crippen LogP contribution < -0.4 is 0 Å². The van der Waals surface area contributed by atoms with Crippen molar-refractivity contribution in [3.63, 3.8) is 0 Å². The molecule has 0 aliphatic heterocycles. The van der Waals surface area contributed by atoms with Crippen LogP contribution in [0.25, 0.3) is 0 Å². The fourth-order valence-corrected chi connectivity index (χ4v) is 3.38. The zero-order valence-corrected chi connectivity index (χ0v) is 17.9. The van der Waals surface area contributed by atoms with Crippen molar-refractivity contribution in [3.05, 3.63) is 33.8 Å². The number of carbonyl (C=O) groups is 1. The summed E-state index contributed by atoms with van der Waals surface area (Å²) in [6.45, 7) is 12.6. The second-order valence-corrected chi connectivity index (χ2v) is 8.43. The van der Waals surface area contributed by atoms with Gasteiger partial charge in [0.2, 0.25) is 0 Å². The van der Waals surface area contributed by atoms with Crippen molar-refractivity contribution in [2.45, 2.75) is 66.4 Å². The van der Waals surface area contributed by atoms with Crippen LogP contribution in [0.4, 0.5) is 0 Å². The Hall–Kier alpha value is -0.670. The number of carbonyl (C=O) groups excluding carboxylic acids is 1. The molecule has 1 aliphatic carbocycles. The summed E-state index contributed by atoms with van der Waals surface area (Å²) in [5.41, 5.74) is 2.06. The van der Waals surface area contributed by atoms with Gasteiger partial charge in [-0.05, 0) is 56.6 Å². The molecule has 1 saturated carbocycles. The van der Waals surface area contributed by atoms with E-state index in [1.807, 2.05) is 32.0 Å². The van der Waals surface area contributed by atoms with Gasteiger partial charge in [-0.2, -0.15) is 0 Å². The number of Topliss-reactive ketones (excluding diaryl/α,β-unsaturated/α-hetero) is 1. The molecule has 3 heteroatoms. The highest BCUT2D eigenvalue weighted by Crippen LogP contribution is 2.42. The van der Waals surface area contributed by atoms with E-state index in [-0.39, 0.29) is 17.3 Å². The molecule has 1 fully saturated rings. The number of ketones is 1. The van der Waals surface area contributed by atoms with E-state index in [1.54, 1.807) is 7.11 Å². The van der Waals surface area contributed by atoms with Crippen LogP contribution in [-0.2, 0) is 11.2 Å². The topological polar surface area (TPSA) is 26.3 Å². The molecular weight excluding hydrogens is 364 g/mol. The largest absolute Gasteiger partial charge is 0.379 e. The average molecular weight is 397 g/mol. The molecule has 0 aromatic heterocycles. The van der Waals surface area contributed by atoms with E-state index in [1.165, 1.54) is 12.8 Å². The van der Waals surface area contributed by atoms with Gasteiger partial charge >= 0.3 is 0 Å². The molecule has 2 nitrogen and oxygen atoms in total. The van der Waals surface area contributed by atoms with Crippen LogP contribution in [0.15, 0.2) is 22.7 Å². The van der Waals surface area contributed by atoms with Gasteiger partial charge in [0, 0.05) is 23.1 Å². The Balaban J connectivity index is 0.000000254. The Morgan fingerprint density at radius 1 is 1.29 bits per heavy atom. The summed E-state index contributed by atoms with van der Waals surface area (Å²) in [4.78, 5) is 11.9. The molecule has 0 saturated heterocycles. The van der Waals surface area contributed by atoms with Gasteiger partial charge in [0.25, 0.3) is 0 Å². The molecule has 0 heterocycles. The lowest BCUT2D eigenvalue weighted by molar-refractivity contribution is -0.0290. The first-order valence-corrected chi connectivity index (χ1v) is 9.81. The normalized spacial score (nSPS) is 15.7. The lowest BCUT2D eigenvalue weighted by Gasteiger charge is -2.30. The predicted molar refractivity (Wildman–Crippen MR) is 106 cm³/mol. The molecule has 2 rings (SSSR count). The lowest BCUT2D eigenvalue weighted by Crippen LogP contribution is -2.32. The summed E-state index contributed by atoms with van der Waals surface area (Å²) in [6, 6.07) is 5.91. The number of hydrogen-bond acceptors (Lipinski definition) is 2. The van der Waals surface area contributed by atoms with E-state index in [9.17, 15) is 4.79 Å². The fourth-order valence-electron chi connectivity index (χ4n) is 2.78. The highest BCUT2D eigenvalue weighted by Gasteiger charge is 2.37. The van der Waals surface area contributed by atoms with Crippen molar-refractivity contribution in [1.29, 1.82) is 0 Å². The van der Waals surface area contributed by atoms with Crippen LogP contribution in [-0.4, -0.2) is 18.5 Å². The Morgan fingerprint density at radius 3 is 2.29 bits per heavy atom. The zero-order valence-electron chi connectivity index (χ0n) is 16.3. The van der Waals surface area contributed by atoms with E-state index in [0.717, 1.165) is 33.9 Å². The van der Waals surface area contributed by atoms with Gasteiger partial charge in [-0.1, -0.05) is 55.8 Å². The van der Waals surface area contributed by atoms with Crippen molar-refractivity contribution in [3.8, 4) is 0 Å². The van der Waals surface area contributed by atoms with Crippen LogP contribution in [0.2, 0.25) is 0 Å². The summed E-state index contributed by atoms with van der Waals surface area (Å²) in [7, 11) is 1.80. The summed E-state index contributed by atoms with van der Waals surface area (Å²) in [6.07, 6.45) is 3.72. The molecular formula is C21H33BrO2. The molecule has 0 amide bonds. The second-order valence-electron chi connectivity index (χ2n) is 7.58. The van der Waals surface area contributed by atoms with Crippen LogP contribution in [0.5, 0.6) is 0 Å². The quantitative estimate of drug-likeness (QED) is 0.526. The predicted octanol–water partition coefficient (Wildman–Crippen LogP) is 6.31. The Morgan fingerprint density at radius 2 is 1.88 bits per heavy atom. The third-order valence-corrected chi connectivity index (χ3v) is 5.86. The fraction of sp³-hybridized carbons (Fsp3) is 0.667. The van der Waals surface area contributed by atoms with Crippen molar-refractivity contribution in [2.24, 2.45) is 17.8 Å². The van der Waals surface area contributed by atoms with Crippen molar-refractivity contribution >= 4 is 21.7 Å². The summed E-state index contributed by atoms with van der Waals surface area (Å²) in [5.74, 6) is 1.93. The Labute approximate surface area is 156 Å². The molecule has 1 unspecified atom stereocenters. The zero-order chi connectivity index (χ0) is 18.5. The minimum absolute atomic E-state index is 0.0546. The van der Waals surface area contributed by atoms with Crippen LogP contribution in [0.1, 0.15) is 70.3 Å².